The maximum Gasteiger partial charge on any atom is 0.332 e. The van der Waals surface area contributed by atoms with Crippen molar-refractivity contribution in [3.63, 3.8) is 0 Å². The van der Waals surface area contributed by atoms with E-state index in [1.54, 1.807) is 37.5 Å². The monoisotopic (exact) mass is 390 g/mol. The molecule has 1 atom stereocenters. The fourth-order valence-electron chi connectivity index (χ4n) is 2.70. The first-order valence-corrected chi connectivity index (χ1v) is 8.88. The van der Waals surface area contributed by atoms with Crippen molar-refractivity contribution in [1.29, 1.82) is 0 Å². The molecule has 0 bridgehead atoms. The lowest BCUT2D eigenvalue weighted by molar-refractivity contribution is -0.156. The van der Waals surface area contributed by atoms with Crippen LogP contribution in [0.2, 0.25) is 5.02 Å². The van der Waals surface area contributed by atoms with Gasteiger partial charge in [-0.3, -0.25) is 4.79 Å². The molecule has 8 heteroatoms. The Morgan fingerprint density at radius 2 is 2.04 bits per heavy atom. The molecule has 3 rings (SSSR count). The van der Waals surface area contributed by atoms with Crippen molar-refractivity contribution in [3.8, 4) is 0 Å². The highest BCUT2D eigenvalue weighted by Gasteiger charge is 2.35. The molecular formula is C19H19ClN2O5. The van der Waals surface area contributed by atoms with Gasteiger partial charge in [-0.25, -0.2) is 9.80 Å². The van der Waals surface area contributed by atoms with Crippen molar-refractivity contribution in [2.75, 3.05) is 19.8 Å². The topological polar surface area (TPSA) is 81.3 Å². The van der Waals surface area contributed by atoms with E-state index in [0.29, 0.717) is 23.8 Å². The average Bonchev–Trinajstić information content (AvgIpc) is 3.34. The first-order valence-electron chi connectivity index (χ1n) is 8.50. The highest BCUT2D eigenvalue weighted by atomic mass is 35.5. The average molecular weight is 391 g/mol. The number of hydrogen-bond donors (Lipinski definition) is 0. The molecule has 1 aliphatic rings. The number of rotatable bonds is 7. The molecule has 0 unspecified atom stereocenters. The zero-order valence-electron chi connectivity index (χ0n) is 14.8. The minimum Gasteiger partial charge on any atom is -0.467 e. The zero-order valence-corrected chi connectivity index (χ0v) is 15.5. The van der Waals surface area contributed by atoms with Gasteiger partial charge < -0.3 is 13.9 Å². The van der Waals surface area contributed by atoms with E-state index in [0.717, 1.165) is 11.3 Å². The molecule has 7 nitrogen and oxygen atoms in total. The normalized spacial score (nSPS) is 16.3. The molecule has 27 heavy (non-hydrogen) atoms. The number of furan rings is 1. The van der Waals surface area contributed by atoms with Crippen molar-refractivity contribution in [2.45, 2.75) is 19.4 Å². The second-order valence-electron chi connectivity index (χ2n) is 5.83. The highest BCUT2D eigenvalue weighted by Crippen LogP contribution is 2.33. The van der Waals surface area contributed by atoms with E-state index in [2.05, 4.69) is 5.10 Å². The van der Waals surface area contributed by atoms with E-state index < -0.39 is 24.5 Å². The third-order valence-electron chi connectivity index (χ3n) is 4.00. The molecule has 0 saturated carbocycles. The SMILES string of the molecule is CCOCC(=O)OCC(=O)N1N=C(c2ccc(Cl)cc2)C[C@@H]1c1ccco1. The lowest BCUT2D eigenvalue weighted by Crippen LogP contribution is -2.31. The van der Waals surface area contributed by atoms with Crippen molar-refractivity contribution < 1.29 is 23.5 Å². The van der Waals surface area contributed by atoms with Gasteiger partial charge in [-0.05, 0) is 36.8 Å². The van der Waals surface area contributed by atoms with E-state index in [1.807, 2.05) is 12.1 Å². The molecule has 0 aliphatic carbocycles. The molecule has 0 spiro atoms. The number of carbonyl (C=O) groups excluding carboxylic acids is 2. The number of benzene rings is 1. The van der Waals surface area contributed by atoms with Gasteiger partial charge in [0.25, 0.3) is 5.91 Å². The highest BCUT2D eigenvalue weighted by molar-refractivity contribution is 6.30. The molecule has 0 fully saturated rings. The number of carbonyl (C=O) groups is 2. The Kier molecular flexibility index (Phi) is 6.26. The van der Waals surface area contributed by atoms with E-state index in [9.17, 15) is 9.59 Å². The summed E-state index contributed by atoms with van der Waals surface area (Å²) in [4.78, 5) is 24.2. The summed E-state index contributed by atoms with van der Waals surface area (Å²) in [7, 11) is 0. The summed E-state index contributed by atoms with van der Waals surface area (Å²) < 4.78 is 15.4. The van der Waals surface area contributed by atoms with Crippen LogP contribution in [0.25, 0.3) is 0 Å². The van der Waals surface area contributed by atoms with Crippen LogP contribution >= 0.6 is 11.6 Å². The molecular weight excluding hydrogens is 372 g/mol. The smallest absolute Gasteiger partial charge is 0.332 e. The molecule has 1 amide bonds. The van der Waals surface area contributed by atoms with Gasteiger partial charge in [0.05, 0.1) is 12.0 Å². The molecule has 0 N–H and O–H groups in total. The maximum absolute atomic E-state index is 12.6. The van der Waals surface area contributed by atoms with Crippen LogP contribution in [-0.4, -0.2) is 42.4 Å². The summed E-state index contributed by atoms with van der Waals surface area (Å²) in [6, 6.07) is 10.4. The molecule has 1 aromatic heterocycles. The van der Waals surface area contributed by atoms with Crippen molar-refractivity contribution in [3.05, 3.63) is 59.0 Å². The summed E-state index contributed by atoms with van der Waals surface area (Å²) in [5, 5.41) is 6.36. The molecule has 0 radical (unpaired) electrons. The summed E-state index contributed by atoms with van der Waals surface area (Å²) >= 11 is 5.94. The van der Waals surface area contributed by atoms with E-state index in [4.69, 9.17) is 25.5 Å². The predicted molar refractivity (Wildman–Crippen MR) is 98.4 cm³/mol. The number of hydrazone groups is 1. The van der Waals surface area contributed by atoms with Crippen molar-refractivity contribution in [2.24, 2.45) is 5.10 Å². The van der Waals surface area contributed by atoms with E-state index >= 15 is 0 Å². The molecule has 2 aromatic rings. The van der Waals surface area contributed by atoms with Gasteiger partial charge in [0.2, 0.25) is 0 Å². The Labute approximate surface area is 161 Å². The van der Waals surface area contributed by atoms with Crippen LogP contribution in [0.15, 0.2) is 52.2 Å². The van der Waals surface area contributed by atoms with Gasteiger partial charge in [0.15, 0.2) is 6.61 Å². The second-order valence-corrected chi connectivity index (χ2v) is 6.26. The Morgan fingerprint density at radius 3 is 2.70 bits per heavy atom. The first kappa shape index (κ1) is 19.1. The van der Waals surface area contributed by atoms with Crippen LogP contribution < -0.4 is 0 Å². The number of esters is 1. The largest absolute Gasteiger partial charge is 0.467 e. The molecule has 1 aromatic carbocycles. The van der Waals surface area contributed by atoms with Crippen molar-refractivity contribution in [1.82, 2.24) is 5.01 Å². The van der Waals surface area contributed by atoms with Gasteiger partial charge in [-0.15, -0.1) is 0 Å². The van der Waals surface area contributed by atoms with Gasteiger partial charge in [0.1, 0.15) is 18.4 Å². The van der Waals surface area contributed by atoms with Crippen LogP contribution in [0.5, 0.6) is 0 Å². The van der Waals surface area contributed by atoms with Gasteiger partial charge in [0, 0.05) is 18.1 Å². The van der Waals surface area contributed by atoms with Crippen LogP contribution in [0.1, 0.15) is 30.7 Å². The number of ether oxygens (including phenoxy) is 2. The predicted octanol–water partition coefficient (Wildman–Crippen LogP) is 3.19. The third kappa shape index (κ3) is 4.75. The molecule has 142 valence electrons. The molecule has 2 heterocycles. The van der Waals surface area contributed by atoms with Crippen LogP contribution in [0, 0.1) is 0 Å². The van der Waals surface area contributed by atoms with Crippen LogP contribution in [0.3, 0.4) is 0 Å². The summed E-state index contributed by atoms with van der Waals surface area (Å²) in [6.45, 7) is 1.55. The fourth-order valence-corrected chi connectivity index (χ4v) is 2.82. The Balaban J connectivity index is 1.74. The Bertz CT molecular complexity index is 817. The van der Waals surface area contributed by atoms with Crippen molar-refractivity contribution >= 4 is 29.2 Å². The van der Waals surface area contributed by atoms with E-state index in [1.165, 1.54) is 5.01 Å². The summed E-state index contributed by atoms with van der Waals surface area (Å²) in [6.07, 6.45) is 2.02. The number of halogens is 1. The lowest BCUT2D eigenvalue weighted by atomic mass is 10.0. The van der Waals surface area contributed by atoms with Gasteiger partial charge in [-0.1, -0.05) is 23.7 Å². The van der Waals surface area contributed by atoms with Gasteiger partial charge in [-0.2, -0.15) is 5.10 Å². The number of nitrogens with zero attached hydrogens (tertiary/aromatic N) is 2. The minimum atomic E-state index is -0.596. The summed E-state index contributed by atoms with van der Waals surface area (Å²) in [5.41, 5.74) is 1.58. The summed E-state index contributed by atoms with van der Waals surface area (Å²) in [5.74, 6) is -0.428. The lowest BCUT2D eigenvalue weighted by Gasteiger charge is -2.19. The third-order valence-corrected chi connectivity index (χ3v) is 4.25. The quantitative estimate of drug-likeness (QED) is 0.678. The molecule has 1 aliphatic heterocycles. The minimum absolute atomic E-state index is 0.190. The van der Waals surface area contributed by atoms with Crippen LogP contribution in [-0.2, 0) is 19.1 Å². The standard InChI is InChI=1S/C19H19ClN2O5/c1-2-25-12-19(24)27-11-18(23)22-16(17-4-3-9-26-17)10-15(21-22)13-5-7-14(20)8-6-13/h3-9,16H,2,10-12H2,1H3/t16-/m1/s1. The Hall–Kier alpha value is -2.64. The van der Waals surface area contributed by atoms with E-state index in [-0.39, 0.29) is 6.61 Å². The maximum atomic E-state index is 12.6. The number of amides is 1. The zero-order chi connectivity index (χ0) is 19.2. The fraction of sp³-hybridized carbons (Fsp3) is 0.316. The van der Waals surface area contributed by atoms with Crippen LogP contribution in [0.4, 0.5) is 0 Å². The Morgan fingerprint density at radius 1 is 1.26 bits per heavy atom. The van der Waals surface area contributed by atoms with Gasteiger partial charge >= 0.3 is 5.97 Å². The second kappa shape index (κ2) is 8.83. The number of hydrogen-bond acceptors (Lipinski definition) is 6. The first-order chi connectivity index (χ1) is 13.1. The molecule has 0 saturated heterocycles.